The van der Waals surface area contributed by atoms with Crippen LogP contribution in [0.15, 0.2) is 52.0 Å². The lowest BCUT2D eigenvalue weighted by atomic mass is 10.3. The Bertz CT molecular complexity index is 782. The van der Waals surface area contributed by atoms with Gasteiger partial charge in [0.2, 0.25) is 15.9 Å². The number of furan rings is 1. The van der Waals surface area contributed by atoms with Crippen molar-refractivity contribution in [1.29, 1.82) is 0 Å². The fourth-order valence-corrected chi connectivity index (χ4v) is 3.83. The number of hydrogen-bond donors (Lipinski definition) is 1. The Kier molecular flexibility index (Phi) is 4.23. The molecular formula is C16H18N2O4S. The van der Waals surface area contributed by atoms with E-state index in [1.165, 1.54) is 18.4 Å². The molecule has 1 fully saturated rings. The molecule has 1 aromatic carbocycles. The van der Waals surface area contributed by atoms with Crippen molar-refractivity contribution in [2.24, 2.45) is 0 Å². The van der Waals surface area contributed by atoms with Gasteiger partial charge in [-0.15, -0.1) is 0 Å². The maximum absolute atomic E-state index is 12.4. The molecule has 1 N–H and O–H groups in total. The molecule has 1 aliphatic heterocycles. The predicted octanol–water partition coefficient (Wildman–Crippen LogP) is 2.45. The molecule has 0 saturated carbocycles. The van der Waals surface area contributed by atoms with Crippen molar-refractivity contribution in [3.63, 3.8) is 0 Å². The normalized spacial score (nSPS) is 16.7. The summed E-state index contributed by atoms with van der Waals surface area (Å²) < 4.78 is 32.6. The molecule has 2 heterocycles. The monoisotopic (exact) mass is 334 g/mol. The van der Waals surface area contributed by atoms with Crippen LogP contribution in [-0.4, -0.2) is 20.9 Å². The molecule has 23 heavy (non-hydrogen) atoms. The number of nitrogens with zero attached hydrogens (tertiary/aromatic N) is 1. The number of nitrogens with one attached hydrogen (secondary N) is 1. The van der Waals surface area contributed by atoms with Crippen LogP contribution in [0, 0.1) is 0 Å². The molecule has 1 saturated heterocycles. The first-order valence-electron chi connectivity index (χ1n) is 7.43. The van der Waals surface area contributed by atoms with Gasteiger partial charge < -0.3 is 9.32 Å². The summed E-state index contributed by atoms with van der Waals surface area (Å²) in [4.78, 5) is 13.6. The zero-order valence-corrected chi connectivity index (χ0v) is 13.5. The van der Waals surface area contributed by atoms with E-state index in [1.54, 1.807) is 36.1 Å². The number of amides is 1. The molecular weight excluding hydrogens is 316 g/mol. The molecule has 1 atom stereocenters. The van der Waals surface area contributed by atoms with Gasteiger partial charge in [0.15, 0.2) is 0 Å². The van der Waals surface area contributed by atoms with Gasteiger partial charge in [0.1, 0.15) is 5.76 Å². The fraction of sp³-hybridized carbons (Fsp3) is 0.312. The standard InChI is InChI=1S/C16H18N2O4S/c1-12(15-4-3-11-22-15)17-23(20,21)14-8-6-13(7-9-14)18-10-2-5-16(18)19/h3-4,6-9,11-12,17H,2,5,10H2,1H3. The Hall–Kier alpha value is -2.12. The van der Waals surface area contributed by atoms with Gasteiger partial charge in [0.05, 0.1) is 17.2 Å². The Morgan fingerprint density at radius 1 is 1.22 bits per heavy atom. The lowest BCUT2D eigenvalue weighted by Gasteiger charge is -2.16. The summed E-state index contributed by atoms with van der Waals surface area (Å²) in [5.41, 5.74) is 0.727. The molecule has 7 heteroatoms. The second kappa shape index (κ2) is 6.17. The number of rotatable bonds is 5. The zero-order valence-electron chi connectivity index (χ0n) is 12.7. The summed E-state index contributed by atoms with van der Waals surface area (Å²) in [6.45, 7) is 2.40. The predicted molar refractivity (Wildman–Crippen MR) is 85.5 cm³/mol. The fourth-order valence-electron chi connectivity index (χ4n) is 2.62. The third-order valence-corrected chi connectivity index (χ3v) is 5.39. The van der Waals surface area contributed by atoms with E-state index in [0.717, 1.165) is 12.1 Å². The van der Waals surface area contributed by atoms with E-state index in [9.17, 15) is 13.2 Å². The van der Waals surface area contributed by atoms with Crippen molar-refractivity contribution < 1.29 is 17.6 Å². The van der Waals surface area contributed by atoms with Crippen LogP contribution >= 0.6 is 0 Å². The highest BCUT2D eigenvalue weighted by atomic mass is 32.2. The minimum absolute atomic E-state index is 0.0742. The van der Waals surface area contributed by atoms with Crippen LogP contribution in [0.25, 0.3) is 0 Å². The van der Waals surface area contributed by atoms with Crippen molar-refractivity contribution in [3.8, 4) is 0 Å². The van der Waals surface area contributed by atoms with Gasteiger partial charge >= 0.3 is 0 Å². The summed E-state index contributed by atoms with van der Waals surface area (Å²) in [7, 11) is -3.65. The Morgan fingerprint density at radius 3 is 2.52 bits per heavy atom. The van der Waals surface area contributed by atoms with Crippen molar-refractivity contribution in [2.75, 3.05) is 11.4 Å². The van der Waals surface area contributed by atoms with Gasteiger partial charge in [-0.1, -0.05) is 0 Å². The molecule has 0 aliphatic carbocycles. The van der Waals surface area contributed by atoms with Crippen molar-refractivity contribution in [2.45, 2.75) is 30.7 Å². The highest BCUT2D eigenvalue weighted by Crippen LogP contribution is 2.24. The maximum atomic E-state index is 12.4. The minimum Gasteiger partial charge on any atom is -0.468 e. The molecule has 3 rings (SSSR count). The van der Waals surface area contributed by atoms with Crippen molar-refractivity contribution in [1.82, 2.24) is 4.72 Å². The summed E-state index contributed by atoms with van der Waals surface area (Å²) in [6, 6.07) is 9.31. The molecule has 1 aliphatic rings. The first kappa shape index (κ1) is 15.8. The molecule has 1 aromatic heterocycles. The van der Waals surface area contributed by atoms with E-state index >= 15 is 0 Å². The van der Waals surface area contributed by atoms with E-state index in [-0.39, 0.29) is 10.8 Å². The van der Waals surface area contributed by atoms with Crippen LogP contribution < -0.4 is 9.62 Å². The number of benzene rings is 1. The highest BCUT2D eigenvalue weighted by molar-refractivity contribution is 7.89. The second-order valence-electron chi connectivity index (χ2n) is 5.50. The Morgan fingerprint density at radius 2 is 1.96 bits per heavy atom. The summed E-state index contributed by atoms with van der Waals surface area (Å²) in [6.07, 6.45) is 2.88. The lowest BCUT2D eigenvalue weighted by molar-refractivity contribution is -0.117. The lowest BCUT2D eigenvalue weighted by Crippen LogP contribution is -2.27. The molecule has 6 nitrogen and oxygen atoms in total. The quantitative estimate of drug-likeness (QED) is 0.911. The average molecular weight is 334 g/mol. The third-order valence-electron chi connectivity index (χ3n) is 3.83. The van der Waals surface area contributed by atoms with Crippen LogP contribution in [0.1, 0.15) is 31.6 Å². The van der Waals surface area contributed by atoms with Gasteiger partial charge in [0, 0.05) is 18.7 Å². The van der Waals surface area contributed by atoms with Crippen molar-refractivity contribution in [3.05, 3.63) is 48.4 Å². The Balaban J connectivity index is 1.76. The van der Waals surface area contributed by atoms with Gasteiger partial charge in [-0.25, -0.2) is 13.1 Å². The van der Waals surface area contributed by atoms with Gasteiger partial charge in [0.25, 0.3) is 0 Å². The highest BCUT2D eigenvalue weighted by Gasteiger charge is 2.23. The second-order valence-corrected chi connectivity index (χ2v) is 7.22. The molecule has 0 radical (unpaired) electrons. The molecule has 1 unspecified atom stereocenters. The molecule has 1 amide bonds. The number of carbonyl (C=O) groups is 1. The van der Waals surface area contributed by atoms with E-state index in [0.29, 0.717) is 18.7 Å². The SMILES string of the molecule is CC(NS(=O)(=O)c1ccc(N2CCCC2=O)cc1)c1ccco1. The summed E-state index contributed by atoms with van der Waals surface area (Å²) >= 11 is 0. The summed E-state index contributed by atoms with van der Waals surface area (Å²) in [5, 5.41) is 0. The van der Waals surface area contributed by atoms with Gasteiger partial charge in [-0.2, -0.15) is 0 Å². The number of sulfonamides is 1. The zero-order chi connectivity index (χ0) is 16.4. The van der Waals surface area contributed by atoms with Crippen LogP contribution in [0.4, 0.5) is 5.69 Å². The van der Waals surface area contributed by atoms with Crippen LogP contribution in [0.3, 0.4) is 0 Å². The van der Waals surface area contributed by atoms with Gasteiger partial charge in [-0.3, -0.25) is 4.79 Å². The third kappa shape index (κ3) is 3.30. The first-order valence-corrected chi connectivity index (χ1v) is 8.92. The van der Waals surface area contributed by atoms with E-state index < -0.39 is 16.1 Å². The van der Waals surface area contributed by atoms with E-state index in [1.807, 2.05) is 0 Å². The Labute approximate surface area is 135 Å². The topological polar surface area (TPSA) is 79.6 Å². The van der Waals surface area contributed by atoms with Crippen LogP contribution in [0.5, 0.6) is 0 Å². The van der Waals surface area contributed by atoms with Crippen LogP contribution in [0.2, 0.25) is 0 Å². The number of anilines is 1. The molecule has 2 aromatic rings. The number of carbonyl (C=O) groups excluding carboxylic acids is 1. The molecule has 0 spiro atoms. The maximum Gasteiger partial charge on any atom is 0.241 e. The van der Waals surface area contributed by atoms with Crippen LogP contribution in [-0.2, 0) is 14.8 Å². The van der Waals surface area contributed by atoms with E-state index in [4.69, 9.17) is 4.42 Å². The van der Waals surface area contributed by atoms with Crippen molar-refractivity contribution >= 4 is 21.6 Å². The molecule has 122 valence electrons. The largest absolute Gasteiger partial charge is 0.468 e. The minimum atomic E-state index is -3.65. The smallest absolute Gasteiger partial charge is 0.241 e. The molecule has 0 bridgehead atoms. The summed E-state index contributed by atoms with van der Waals surface area (Å²) in [5.74, 6) is 0.623. The average Bonchev–Trinajstić information content (AvgIpc) is 3.18. The van der Waals surface area contributed by atoms with E-state index in [2.05, 4.69) is 4.72 Å². The number of hydrogen-bond acceptors (Lipinski definition) is 4. The van der Waals surface area contributed by atoms with Gasteiger partial charge in [-0.05, 0) is 49.7 Å². The first-order chi connectivity index (χ1) is 11.0.